The lowest BCUT2D eigenvalue weighted by molar-refractivity contribution is -0.147. The predicted molar refractivity (Wildman–Crippen MR) is 127 cm³/mol. The minimum Gasteiger partial charge on any atom is -0.483 e. The van der Waals surface area contributed by atoms with Gasteiger partial charge in [0.25, 0.3) is 0 Å². The van der Waals surface area contributed by atoms with Gasteiger partial charge in [-0.15, -0.1) is 11.8 Å². The third-order valence-electron chi connectivity index (χ3n) is 4.45. The fourth-order valence-electron chi connectivity index (χ4n) is 3.15. The number of thioether (sulfide) groups is 2. The Labute approximate surface area is 201 Å². The number of halogens is 1. The van der Waals surface area contributed by atoms with Crippen LogP contribution in [0.1, 0.15) is 32.3 Å². The number of methoxy groups -OCH3 is 1. The molecular formula is C22H26ClNO6S2. The summed E-state index contributed by atoms with van der Waals surface area (Å²) in [4.78, 5) is 36.0. The zero-order valence-electron chi connectivity index (χ0n) is 18.4. The Kier molecular flexibility index (Phi) is 10.5. The standard InChI is InChI=1S/C22H26ClNO6S2/c1-5-29-18(26)10-30-21-13(2)24-17(11-31-12-32-14(3)25)20(22(27)28-4)19(21)15-8-6-7-9-16(15)23/h6-9,19,24H,5,10-12H2,1-4H3. The van der Waals surface area contributed by atoms with Crippen molar-refractivity contribution in [3.8, 4) is 0 Å². The highest BCUT2D eigenvalue weighted by Crippen LogP contribution is 2.42. The van der Waals surface area contributed by atoms with Crippen LogP contribution in [-0.2, 0) is 28.6 Å². The van der Waals surface area contributed by atoms with E-state index in [1.807, 2.05) is 6.07 Å². The molecular weight excluding hydrogens is 474 g/mol. The van der Waals surface area contributed by atoms with Crippen LogP contribution in [0.3, 0.4) is 0 Å². The SMILES string of the molecule is CCOC(=O)COC1=C(C)NC(CSCSC(C)=O)=C(C(=O)OC)C1c1ccccc1Cl. The first kappa shape index (κ1) is 26.2. The number of hydrogen-bond acceptors (Lipinski definition) is 9. The van der Waals surface area contributed by atoms with Gasteiger partial charge in [-0.3, -0.25) is 4.79 Å². The summed E-state index contributed by atoms with van der Waals surface area (Å²) >= 11 is 9.19. The van der Waals surface area contributed by atoms with E-state index in [9.17, 15) is 14.4 Å². The monoisotopic (exact) mass is 499 g/mol. The van der Waals surface area contributed by atoms with Crippen molar-refractivity contribution in [3.63, 3.8) is 0 Å². The van der Waals surface area contributed by atoms with Crippen LogP contribution < -0.4 is 5.32 Å². The maximum atomic E-state index is 12.9. The summed E-state index contributed by atoms with van der Waals surface area (Å²) in [5.74, 6) is -0.908. The molecule has 0 fully saturated rings. The maximum absolute atomic E-state index is 12.9. The van der Waals surface area contributed by atoms with Crippen molar-refractivity contribution in [1.29, 1.82) is 0 Å². The van der Waals surface area contributed by atoms with Crippen molar-refractivity contribution in [1.82, 2.24) is 5.32 Å². The predicted octanol–water partition coefficient (Wildman–Crippen LogP) is 4.24. The average molecular weight is 500 g/mol. The van der Waals surface area contributed by atoms with Gasteiger partial charge in [0.05, 0.1) is 30.9 Å². The number of ether oxygens (including phenoxy) is 3. The van der Waals surface area contributed by atoms with E-state index in [2.05, 4.69) is 5.32 Å². The molecule has 0 spiro atoms. The van der Waals surface area contributed by atoms with Gasteiger partial charge in [-0.05, 0) is 25.5 Å². The first-order chi connectivity index (χ1) is 15.3. The van der Waals surface area contributed by atoms with E-state index >= 15 is 0 Å². The fourth-order valence-corrected chi connectivity index (χ4v) is 5.15. The highest BCUT2D eigenvalue weighted by molar-refractivity contribution is 8.23. The Bertz CT molecular complexity index is 931. The normalized spacial score (nSPS) is 15.8. The van der Waals surface area contributed by atoms with Crippen LogP contribution in [0, 0.1) is 0 Å². The van der Waals surface area contributed by atoms with Crippen LogP contribution in [0.4, 0.5) is 0 Å². The van der Waals surface area contributed by atoms with Crippen molar-refractivity contribution in [2.45, 2.75) is 26.7 Å². The number of carbonyl (C=O) groups excluding carboxylic acids is 3. The van der Waals surface area contributed by atoms with E-state index < -0.39 is 17.9 Å². The molecule has 0 saturated heterocycles. The Hall–Kier alpha value is -2.10. The van der Waals surface area contributed by atoms with Gasteiger partial charge in [0.1, 0.15) is 5.76 Å². The third-order valence-corrected chi connectivity index (χ3v) is 6.83. The Morgan fingerprint density at radius 1 is 1.22 bits per heavy atom. The summed E-state index contributed by atoms with van der Waals surface area (Å²) in [5.41, 5.74) is 2.26. The van der Waals surface area contributed by atoms with Gasteiger partial charge in [0.2, 0.25) is 0 Å². The molecule has 1 aromatic carbocycles. The number of dihydropyridines is 1. The lowest BCUT2D eigenvalue weighted by Gasteiger charge is -2.32. The topological polar surface area (TPSA) is 90.9 Å². The first-order valence-corrected chi connectivity index (χ1v) is 12.3. The van der Waals surface area contributed by atoms with Crippen LogP contribution in [0.15, 0.2) is 47.0 Å². The van der Waals surface area contributed by atoms with Gasteiger partial charge in [-0.2, -0.15) is 0 Å². The summed E-state index contributed by atoms with van der Waals surface area (Å²) in [6.07, 6.45) is 0. The van der Waals surface area contributed by atoms with Gasteiger partial charge >= 0.3 is 11.9 Å². The van der Waals surface area contributed by atoms with E-state index in [-0.39, 0.29) is 18.3 Å². The maximum Gasteiger partial charge on any atom is 0.344 e. The summed E-state index contributed by atoms with van der Waals surface area (Å²) < 4.78 is 15.9. The summed E-state index contributed by atoms with van der Waals surface area (Å²) in [6.45, 7) is 4.95. The Morgan fingerprint density at radius 3 is 2.56 bits per heavy atom. The van der Waals surface area contributed by atoms with Gasteiger partial charge < -0.3 is 19.5 Å². The molecule has 2 rings (SSSR count). The van der Waals surface area contributed by atoms with Crippen LogP contribution in [0.25, 0.3) is 0 Å². The molecule has 1 aliphatic heterocycles. The minimum atomic E-state index is -0.678. The molecule has 1 atom stereocenters. The van der Waals surface area contributed by atoms with Crippen molar-refractivity contribution >= 4 is 52.2 Å². The van der Waals surface area contributed by atoms with Crippen LogP contribution in [0.5, 0.6) is 0 Å². The van der Waals surface area contributed by atoms with Crippen molar-refractivity contribution in [3.05, 3.63) is 57.6 Å². The van der Waals surface area contributed by atoms with Crippen LogP contribution in [0.2, 0.25) is 5.02 Å². The molecule has 0 aliphatic carbocycles. The summed E-state index contributed by atoms with van der Waals surface area (Å²) in [7, 11) is 1.31. The largest absolute Gasteiger partial charge is 0.483 e. The number of esters is 2. The minimum absolute atomic E-state index is 0.0240. The number of hydrogen-bond donors (Lipinski definition) is 1. The zero-order valence-corrected chi connectivity index (χ0v) is 20.7. The van der Waals surface area contributed by atoms with Crippen LogP contribution in [-0.4, -0.2) is 48.2 Å². The van der Waals surface area contributed by atoms with E-state index in [4.69, 9.17) is 25.8 Å². The molecule has 1 aromatic rings. The van der Waals surface area contributed by atoms with Crippen molar-refractivity contribution in [2.24, 2.45) is 0 Å². The second-order valence-electron chi connectivity index (χ2n) is 6.65. The number of rotatable bonds is 10. The van der Waals surface area contributed by atoms with E-state index in [1.54, 1.807) is 32.0 Å². The molecule has 0 saturated carbocycles. The highest BCUT2D eigenvalue weighted by Gasteiger charge is 2.37. The molecule has 32 heavy (non-hydrogen) atoms. The summed E-state index contributed by atoms with van der Waals surface area (Å²) in [5, 5.41) is 4.23. The van der Waals surface area contributed by atoms with Crippen LogP contribution >= 0.6 is 35.1 Å². The quantitative estimate of drug-likeness (QED) is 0.288. The second kappa shape index (κ2) is 12.8. The number of benzene rings is 1. The number of allylic oxidation sites excluding steroid dienone is 2. The molecule has 0 radical (unpaired) electrons. The molecule has 7 nitrogen and oxygen atoms in total. The second-order valence-corrected chi connectivity index (χ2v) is 9.56. The molecule has 0 amide bonds. The first-order valence-electron chi connectivity index (χ1n) is 9.83. The van der Waals surface area contributed by atoms with Crippen molar-refractivity contribution in [2.75, 3.05) is 31.2 Å². The molecule has 0 aromatic heterocycles. The average Bonchev–Trinajstić information content (AvgIpc) is 2.75. The zero-order chi connectivity index (χ0) is 23.7. The lowest BCUT2D eigenvalue weighted by Crippen LogP contribution is -2.32. The van der Waals surface area contributed by atoms with E-state index in [0.29, 0.717) is 44.2 Å². The molecule has 1 aliphatic rings. The van der Waals surface area contributed by atoms with Gasteiger partial charge in [0, 0.05) is 28.5 Å². The fraction of sp³-hybridized carbons (Fsp3) is 0.409. The van der Waals surface area contributed by atoms with Crippen molar-refractivity contribution < 1.29 is 28.6 Å². The highest BCUT2D eigenvalue weighted by atomic mass is 35.5. The number of nitrogens with one attached hydrogen (secondary N) is 1. The Balaban J connectivity index is 2.48. The third kappa shape index (κ3) is 6.95. The summed E-state index contributed by atoms with van der Waals surface area (Å²) in [6, 6.07) is 7.14. The number of carbonyl (C=O) groups is 3. The molecule has 10 heteroatoms. The smallest absolute Gasteiger partial charge is 0.344 e. The Morgan fingerprint density at radius 2 is 1.94 bits per heavy atom. The molecule has 1 N–H and O–H groups in total. The van der Waals surface area contributed by atoms with Gasteiger partial charge in [0.15, 0.2) is 11.7 Å². The molecule has 174 valence electrons. The van der Waals surface area contributed by atoms with E-state index in [0.717, 1.165) is 0 Å². The molecule has 1 heterocycles. The lowest BCUT2D eigenvalue weighted by atomic mass is 9.85. The molecule has 1 unspecified atom stereocenters. The van der Waals surface area contributed by atoms with Gasteiger partial charge in [-0.1, -0.05) is 41.6 Å². The van der Waals surface area contributed by atoms with Gasteiger partial charge in [-0.25, -0.2) is 9.59 Å². The molecule has 0 bridgehead atoms. The van der Waals surface area contributed by atoms with E-state index in [1.165, 1.54) is 37.6 Å².